The first-order valence-electron chi connectivity index (χ1n) is 6.62. The third-order valence-corrected chi connectivity index (χ3v) is 3.72. The van der Waals surface area contributed by atoms with Crippen molar-refractivity contribution in [2.45, 2.75) is 33.1 Å². The Labute approximate surface area is 119 Å². The fraction of sp³-hybridized carbons (Fsp3) is 0.600. The normalized spacial score (nSPS) is 14.2. The topological polar surface area (TPSA) is 21.3 Å². The maximum Gasteiger partial charge on any atom is 0.120 e. The highest BCUT2D eigenvalue weighted by molar-refractivity contribution is 9.10. The SMILES string of the molecule is CCCC(C)(CCOc1cccc(Br)c1)CNC. The van der Waals surface area contributed by atoms with Crippen LogP contribution < -0.4 is 10.1 Å². The summed E-state index contributed by atoms with van der Waals surface area (Å²) >= 11 is 3.45. The second-order valence-corrected chi connectivity index (χ2v) is 6.06. The Bertz CT molecular complexity index is 348. The molecule has 1 unspecified atom stereocenters. The Morgan fingerprint density at radius 1 is 1.33 bits per heavy atom. The second-order valence-electron chi connectivity index (χ2n) is 5.15. The van der Waals surface area contributed by atoms with Gasteiger partial charge in [-0.25, -0.2) is 0 Å². The van der Waals surface area contributed by atoms with Gasteiger partial charge in [0.15, 0.2) is 0 Å². The number of halogens is 1. The van der Waals surface area contributed by atoms with E-state index in [0.29, 0.717) is 5.41 Å². The van der Waals surface area contributed by atoms with Crippen LogP contribution in [0.15, 0.2) is 28.7 Å². The predicted molar refractivity (Wildman–Crippen MR) is 81.2 cm³/mol. The van der Waals surface area contributed by atoms with Gasteiger partial charge in [-0.15, -0.1) is 0 Å². The molecule has 0 aliphatic heterocycles. The average Bonchev–Trinajstić information content (AvgIpc) is 2.29. The Kier molecular flexibility index (Phi) is 6.72. The molecule has 3 heteroatoms. The van der Waals surface area contributed by atoms with Crippen molar-refractivity contribution in [2.75, 3.05) is 20.2 Å². The largest absolute Gasteiger partial charge is 0.494 e. The van der Waals surface area contributed by atoms with E-state index in [9.17, 15) is 0 Å². The molecule has 0 spiro atoms. The second kappa shape index (κ2) is 7.80. The van der Waals surface area contributed by atoms with Crippen molar-refractivity contribution in [3.05, 3.63) is 28.7 Å². The molecule has 18 heavy (non-hydrogen) atoms. The molecule has 0 aliphatic carbocycles. The van der Waals surface area contributed by atoms with Gasteiger partial charge in [0.25, 0.3) is 0 Å². The van der Waals surface area contributed by atoms with E-state index in [-0.39, 0.29) is 0 Å². The maximum atomic E-state index is 5.82. The number of benzene rings is 1. The van der Waals surface area contributed by atoms with E-state index >= 15 is 0 Å². The minimum absolute atomic E-state index is 0.329. The van der Waals surface area contributed by atoms with Gasteiger partial charge < -0.3 is 10.1 Å². The summed E-state index contributed by atoms with van der Waals surface area (Å²) in [6.45, 7) is 6.39. The summed E-state index contributed by atoms with van der Waals surface area (Å²) in [6, 6.07) is 8.02. The van der Waals surface area contributed by atoms with Crippen LogP contribution in [-0.2, 0) is 0 Å². The molecule has 0 saturated heterocycles. The highest BCUT2D eigenvalue weighted by atomic mass is 79.9. The van der Waals surface area contributed by atoms with E-state index < -0.39 is 0 Å². The third kappa shape index (κ3) is 5.40. The lowest BCUT2D eigenvalue weighted by molar-refractivity contribution is 0.195. The molecule has 1 aromatic rings. The highest BCUT2D eigenvalue weighted by Crippen LogP contribution is 2.27. The summed E-state index contributed by atoms with van der Waals surface area (Å²) in [5, 5.41) is 3.29. The van der Waals surface area contributed by atoms with Crippen LogP contribution in [0, 0.1) is 5.41 Å². The lowest BCUT2D eigenvalue weighted by Gasteiger charge is -2.29. The van der Waals surface area contributed by atoms with Gasteiger partial charge >= 0.3 is 0 Å². The molecule has 0 saturated carbocycles. The third-order valence-electron chi connectivity index (χ3n) is 3.23. The fourth-order valence-corrected chi connectivity index (χ4v) is 2.68. The van der Waals surface area contributed by atoms with Crippen LogP contribution in [-0.4, -0.2) is 20.2 Å². The lowest BCUT2D eigenvalue weighted by Crippen LogP contribution is -2.31. The van der Waals surface area contributed by atoms with Gasteiger partial charge in [0, 0.05) is 11.0 Å². The molecule has 2 nitrogen and oxygen atoms in total. The molecular weight excluding hydrogens is 290 g/mol. The number of ether oxygens (including phenoxy) is 1. The van der Waals surface area contributed by atoms with Crippen LogP contribution in [0.3, 0.4) is 0 Å². The van der Waals surface area contributed by atoms with Crippen LogP contribution in [0.1, 0.15) is 33.1 Å². The Balaban J connectivity index is 2.43. The summed E-state index contributed by atoms with van der Waals surface area (Å²) in [4.78, 5) is 0. The van der Waals surface area contributed by atoms with Crippen molar-refractivity contribution in [3.63, 3.8) is 0 Å². The van der Waals surface area contributed by atoms with E-state index in [1.54, 1.807) is 0 Å². The molecule has 102 valence electrons. The molecular formula is C15H24BrNO. The first-order valence-corrected chi connectivity index (χ1v) is 7.42. The number of hydrogen-bond acceptors (Lipinski definition) is 2. The van der Waals surface area contributed by atoms with E-state index in [1.807, 2.05) is 31.3 Å². The fourth-order valence-electron chi connectivity index (χ4n) is 2.30. The van der Waals surface area contributed by atoms with Crippen molar-refractivity contribution < 1.29 is 4.74 Å². The summed E-state index contributed by atoms with van der Waals surface area (Å²) in [6.07, 6.45) is 3.53. The zero-order valence-electron chi connectivity index (χ0n) is 11.6. The van der Waals surface area contributed by atoms with E-state index in [4.69, 9.17) is 4.74 Å². The highest BCUT2D eigenvalue weighted by Gasteiger charge is 2.22. The molecule has 1 rings (SSSR count). The maximum absolute atomic E-state index is 5.82. The van der Waals surface area contributed by atoms with Gasteiger partial charge in [-0.2, -0.15) is 0 Å². The van der Waals surface area contributed by atoms with Crippen molar-refractivity contribution in [1.82, 2.24) is 5.32 Å². The van der Waals surface area contributed by atoms with Gasteiger partial charge in [0.2, 0.25) is 0 Å². The lowest BCUT2D eigenvalue weighted by atomic mass is 9.82. The van der Waals surface area contributed by atoms with Crippen LogP contribution >= 0.6 is 15.9 Å². The first-order chi connectivity index (χ1) is 8.59. The molecule has 0 heterocycles. The molecule has 1 aromatic carbocycles. The van der Waals surface area contributed by atoms with Crippen molar-refractivity contribution in [3.8, 4) is 5.75 Å². The van der Waals surface area contributed by atoms with Crippen molar-refractivity contribution >= 4 is 15.9 Å². The number of hydrogen-bond donors (Lipinski definition) is 1. The molecule has 1 N–H and O–H groups in total. The van der Waals surface area contributed by atoms with Crippen LogP contribution in [0.5, 0.6) is 5.75 Å². The van der Waals surface area contributed by atoms with Gasteiger partial charge in [-0.05, 0) is 43.5 Å². The average molecular weight is 314 g/mol. The van der Waals surface area contributed by atoms with E-state index in [1.165, 1.54) is 12.8 Å². The van der Waals surface area contributed by atoms with Gasteiger partial charge in [0.1, 0.15) is 5.75 Å². The molecule has 0 aliphatic rings. The van der Waals surface area contributed by atoms with Crippen LogP contribution in [0.4, 0.5) is 0 Å². The van der Waals surface area contributed by atoms with Gasteiger partial charge in [-0.3, -0.25) is 0 Å². The van der Waals surface area contributed by atoms with Crippen molar-refractivity contribution in [2.24, 2.45) is 5.41 Å². The van der Waals surface area contributed by atoms with E-state index in [2.05, 4.69) is 35.1 Å². The molecule has 1 atom stereocenters. The number of nitrogens with one attached hydrogen (secondary N) is 1. The number of rotatable bonds is 8. The van der Waals surface area contributed by atoms with Crippen molar-refractivity contribution in [1.29, 1.82) is 0 Å². The minimum atomic E-state index is 0.329. The smallest absolute Gasteiger partial charge is 0.120 e. The van der Waals surface area contributed by atoms with Gasteiger partial charge in [-0.1, -0.05) is 42.3 Å². The molecule has 0 radical (unpaired) electrons. The summed E-state index contributed by atoms with van der Waals surface area (Å²) < 4.78 is 6.88. The zero-order valence-corrected chi connectivity index (χ0v) is 13.2. The Morgan fingerprint density at radius 3 is 2.72 bits per heavy atom. The summed E-state index contributed by atoms with van der Waals surface area (Å²) in [7, 11) is 2.02. The monoisotopic (exact) mass is 313 g/mol. The molecule has 0 amide bonds. The summed E-state index contributed by atoms with van der Waals surface area (Å²) in [5.74, 6) is 0.938. The standard InChI is InChI=1S/C15H24BrNO/c1-4-8-15(2,12-17-3)9-10-18-14-7-5-6-13(16)11-14/h5-7,11,17H,4,8-10,12H2,1-3H3. The minimum Gasteiger partial charge on any atom is -0.494 e. The Hall–Kier alpha value is -0.540. The van der Waals surface area contributed by atoms with E-state index in [0.717, 1.165) is 29.8 Å². The van der Waals surface area contributed by atoms with Crippen LogP contribution in [0.25, 0.3) is 0 Å². The quantitative estimate of drug-likeness (QED) is 0.775. The molecule has 0 aromatic heterocycles. The Morgan fingerprint density at radius 2 is 2.11 bits per heavy atom. The molecule has 0 bridgehead atoms. The van der Waals surface area contributed by atoms with Gasteiger partial charge in [0.05, 0.1) is 6.61 Å². The molecule has 0 fully saturated rings. The first kappa shape index (κ1) is 15.5. The summed E-state index contributed by atoms with van der Waals surface area (Å²) in [5.41, 5.74) is 0.329. The predicted octanol–water partition coefficient (Wildman–Crippen LogP) is 4.24. The van der Waals surface area contributed by atoms with Crippen LogP contribution in [0.2, 0.25) is 0 Å². The zero-order chi connectivity index (χ0) is 13.4.